The van der Waals surface area contributed by atoms with E-state index in [0.29, 0.717) is 11.3 Å². The highest BCUT2D eigenvalue weighted by Crippen LogP contribution is 2.16. The van der Waals surface area contributed by atoms with Crippen LogP contribution in [0, 0.1) is 11.6 Å². The molecule has 0 aliphatic rings. The SMILES string of the molecule is CC(=O)Nc1cccc(C(=O)/C=C/c2c(F)cccc2F)c1. The fourth-order valence-corrected chi connectivity index (χ4v) is 1.88. The summed E-state index contributed by atoms with van der Waals surface area (Å²) in [5.74, 6) is -2.16. The second-order valence-corrected chi connectivity index (χ2v) is 4.59. The fraction of sp³-hybridized carbons (Fsp3) is 0.0588. The van der Waals surface area contributed by atoms with Crippen molar-refractivity contribution >= 4 is 23.5 Å². The van der Waals surface area contributed by atoms with Gasteiger partial charge in [-0.2, -0.15) is 0 Å². The third kappa shape index (κ3) is 3.85. The monoisotopic (exact) mass is 301 g/mol. The van der Waals surface area contributed by atoms with E-state index in [0.717, 1.165) is 24.3 Å². The van der Waals surface area contributed by atoms with Gasteiger partial charge in [0.15, 0.2) is 5.78 Å². The van der Waals surface area contributed by atoms with Gasteiger partial charge < -0.3 is 5.32 Å². The second kappa shape index (κ2) is 6.76. The Morgan fingerprint density at radius 2 is 1.68 bits per heavy atom. The lowest BCUT2D eigenvalue weighted by Crippen LogP contribution is -2.06. The molecule has 0 bridgehead atoms. The van der Waals surface area contributed by atoms with E-state index in [1.807, 2.05) is 0 Å². The normalized spacial score (nSPS) is 10.7. The number of carbonyl (C=O) groups is 2. The Morgan fingerprint density at radius 3 is 2.32 bits per heavy atom. The summed E-state index contributed by atoms with van der Waals surface area (Å²) >= 11 is 0. The van der Waals surface area contributed by atoms with Gasteiger partial charge in [0.25, 0.3) is 0 Å². The van der Waals surface area contributed by atoms with Crippen molar-refractivity contribution in [2.24, 2.45) is 0 Å². The average molecular weight is 301 g/mol. The molecule has 0 radical (unpaired) electrons. The number of benzene rings is 2. The number of nitrogens with one attached hydrogen (secondary N) is 1. The fourth-order valence-electron chi connectivity index (χ4n) is 1.88. The Bertz CT molecular complexity index is 734. The van der Waals surface area contributed by atoms with Crippen LogP contribution in [0.5, 0.6) is 0 Å². The van der Waals surface area contributed by atoms with Crippen LogP contribution in [-0.2, 0) is 4.79 Å². The quantitative estimate of drug-likeness (QED) is 0.689. The molecule has 3 nitrogen and oxygen atoms in total. The van der Waals surface area contributed by atoms with Crippen LogP contribution >= 0.6 is 0 Å². The highest BCUT2D eigenvalue weighted by molar-refractivity contribution is 6.07. The minimum atomic E-state index is -0.740. The van der Waals surface area contributed by atoms with E-state index in [4.69, 9.17) is 0 Å². The van der Waals surface area contributed by atoms with Crippen molar-refractivity contribution in [2.45, 2.75) is 6.92 Å². The van der Waals surface area contributed by atoms with Crippen LogP contribution in [0.3, 0.4) is 0 Å². The van der Waals surface area contributed by atoms with Gasteiger partial charge >= 0.3 is 0 Å². The molecular formula is C17H13F2NO2. The largest absolute Gasteiger partial charge is 0.326 e. The first-order valence-electron chi connectivity index (χ1n) is 6.51. The van der Waals surface area contributed by atoms with E-state index in [9.17, 15) is 18.4 Å². The predicted octanol–water partition coefficient (Wildman–Crippen LogP) is 3.82. The summed E-state index contributed by atoms with van der Waals surface area (Å²) in [6.45, 7) is 1.36. The summed E-state index contributed by atoms with van der Waals surface area (Å²) in [5, 5.41) is 2.56. The van der Waals surface area contributed by atoms with Crippen molar-refractivity contribution in [3.05, 3.63) is 71.3 Å². The lowest BCUT2D eigenvalue weighted by molar-refractivity contribution is -0.114. The molecule has 0 aliphatic heterocycles. The number of carbonyl (C=O) groups excluding carboxylic acids is 2. The van der Waals surface area contributed by atoms with Crippen molar-refractivity contribution < 1.29 is 18.4 Å². The van der Waals surface area contributed by atoms with E-state index < -0.39 is 17.4 Å². The summed E-state index contributed by atoms with van der Waals surface area (Å²) in [4.78, 5) is 23.0. The predicted molar refractivity (Wildman–Crippen MR) is 80.5 cm³/mol. The molecule has 0 fully saturated rings. The number of hydrogen-bond acceptors (Lipinski definition) is 2. The lowest BCUT2D eigenvalue weighted by atomic mass is 10.1. The van der Waals surface area contributed by atoms with Crippen molar-refractivity contribution in [2.75, 3.05) is 5.32 Å². The third-order valence-corrected chi connectivity index (χ3v) is 2.87. The number of rotatable bonds is 4. The Labute approximate surface area is 126 Å². The van der Waals surface area contributed by atoms with Crippen LogP contribution in [0.4, 0.5) is 14.5 Å². The summed E-state index contributed by atoms with van der Waals surface area (Å²) < 4.78 is 26.9. The Morgan fingerprint density at radius 1 is 1.05 bits per heavy atom. The van der Waals surface area contributed by atoms with Crippen LogP contribution in [-0.4, -0.2) is 11.7 Å². The standard InChI is InChI=1S/C17H13F2NO2/c1-11(21)20-13-5-2-4-12(10-13)17(22)9-8-14-15(18)6-3-7-16(14)19/h2-10H,1H3,(H,20,21)/b9-8+. The average Bonchev–Trinajstić information content (AvgIpc) is 2.46. The van der Waals surface area contributed by atoms with Crippen LogP contribution < -0.4 is 5.32 Å². The maximum absolute atomic E-state index is 13.5. The zero-order chi connectivity index (χ0) is 16.1. The van der Waals surface area contributed by atoms with E-state index in [-0.39, 0.29) is 11.5 Å². The van der Waals surface area contributed by atoms with Gasteiger partial charge in [0.2, 0.25) is 5.91 Å². The number of allylic oxidation sites excluding steroid dienone is 1. The van der Waals surface area contributed by atoms with Gasteiger partial charge in [-0.15, -0.1) is 0 Å². The number of halogens is 2. The lowest BCUT2D eigenvalue weighted by Gasteiger charge is -2.03. The molecule has 1 N–H and O–H groups in total. The van der Waals surface area contributed by atoms with Crippen molar-refractivity contribution in [3.8, 4) is 0 Å². The zero-order valence-electron chi connectivity index (χ0n) is 11.8. The maximum atomic E-state index is 13.5. The molecule has 2 aromatic carbocycles. The third-order valence-electron chi connectivity index (χ3n) is 2.87. The van der Waals surface area contributed by atoms with Crippen LogP contribution in [0.2, 0.25) is 0 Å². The Balaban J connectivity index is 2.22. The summed E-state index contributed by atoms with van der Waals surface area (Å²) in [5.41, 5.74) is 0.511. The number of hydrogen-bond donors (Lipinski definition) is 1. The number of ketones is 1. The van der Waals surface area contributed by atoms with Gasteiger partial charge in [-0.3, -0.25) is 9.59 Å². The van der Waals surface area contributed by atoms with Gasteiger partial charge in [0, 0.05) is 23.7 Å². The molecule has 0 saturated carbocycles. The highest BCUT2D eigenvalue weighted by Gasteiger charge is 2.07. The molecule has 112 valence electrons. The van der Waals surface area contributed by atoms with Gasteiger partial charge in [0.05, 0.1) is 0 Å². The minimum Gasteiger partial charge on any atom is -0.326 e. The molecule has 22 heavy (non-hydrogen) atoms. The van der Waals surface area contributed by atoms with E-state index in [2.05, 4.69) is 5.32 Å². The molecule has 0 spiro atoms. The molecule has 5 heteroatoms. The maximum Gasteiger partial charge on any atom is 0.221 e. The first-order chi connectivity index (χ1) is 10.5. The zero-order valence-corrected chi connectivity index (χ0v) is 11.8. The van der Waals surface area contributed by atoms with Gasteiger partial charge in [-0.1, -0.05) is 18.2 Å². The first kappa shape index (κ1) is 15.6. The number of amides is 1. The molecule has 0 aromatic heterocycles. The molecule has 0 heterocycles. The van der Waals surface area contributed by atoms with Crippen LogP contribution in [0.1, 0.15) is 22.8 Å². The van der Waals surface area contributed by atoms with Gasteiger partial charge in [0.1, 0.15) is 11.6 Å². The van der Waals surface area contributed by atoms with Crippen LogP contribution in [0.25, 0.3) is 6.08 Å². The molecule has 2 rings (SSSR count). The first-order valence-corrected chi connectivity index (χ1v) is 6.51. The summed E-state index contributed by atoms with van der Waals surface area (Å²) in [6, 6.07) is 9.77. The molecule has 0 saturated heterocycles. The van der Waals surface area contributed by atoms with E-state index >= 15 is 0 Å². The molecule has 0 atom stereocenters. The topological polar surface area (TPSA) is 46.2 Å². The van der Waals surface area contributed by atoms with Crippen molar-refractivity contribution in [1.82, 2.24) is 0 Å². The van der Waals surface area contributed by atoms with Crippen molar-refractivity contribution in [1.29, 1.82) is 0 Å². The van der Waals surface area contributed by atoms with Crippen LogP contribution in [0.15, 0.2) is 48.5 Å². The second-order valence-electron chi connectivity index (χ2n) is 4.59. The molecular weight excluding hydrogens is 288 g/mol. The minimum absolute atomic E-state index is 0.256. The van der Waals surface area contributed by atoms with E-state index in [1.165, 1.54) is 19.1 Å². The molecule has 0 unspecified atom stereocenters. The van der Waals surface area contributed by atoms with E-state index in [1.54, 1.807) is 18.2 Å². The highest BCUT2D eigenvalue weighted by atomic mass is 19.1. The summed E-state index contributed by atoms with van der Waals surface area (Å²) in [6.07, 6.45) is 2.19. The van der Waals surface area contributed by atoms with Crippen molar-refractivity contribution in [3.63, 3.8) is 0 Å². The van der Waals surface area contributed by atoms with Gasteiger partial charge in [-0.25, -0.2) is 8.78 Å². The van der Waals surface area contributed by atoms with Gasteiger partial charge in [-0.05, 0) is 36.4 Å². The number of anilines is 1. The Hall–Kier alpha value is -2.82. The smallest absolute Gasteiger partial charge is 0.221 e. The Kier molecular flexibility index (Phi) is 4.78. The molecule has 0 aliphatic carbocycles. The molecule has 2 aromatic rings. The molecule has 1 amide bonds. The summed E-state index contributed by atoms with van der Waals surface area (Å²) in [7, 11) is 0.